The summed E-state index contributed by atoms with van der Waals surface area (Å²) < 4.78 is 7.06. The minimum absolute atomic E-state index is 0.604. The third kappa shape index (κ3) is 2.01. The molecule has 4 nitrogen and oxygen atoms in total. The van der Waals surface area contributed by atoms with Crippen molar-refractivity contribution >= 4 is 6.29 Å². The predicted octanol–water partition coefficient (Wildman–Crippen LogP) is 2.53. The van der Waals surface area contributed by atoms with Crippen molar-refractivity contribution in [1.29, 1.82) is 0 Å². The Morgan fingerprint density at radius 3 is 2.50 bits per heavy atom. The summed E-state index contributed by atoms with van der Waals surface area (Å²) in [7, 11) is 3.50. The van der Waals surface area contributed by atoms with E-state index in [0.29, 0.717) is 11.3 Å². The molecule has 0 N–H and O–H groups in total. The van der Waals surface area contributed by atoms with Gasteiger partial charge in [-0.05, 0) is 37.6 Å². The van der Waals surface area contributed by atoms with Crippen LogP contribution < -0.4 is 4.74 Å². The number of carbonyl (C=O) groups is 1. The van der Waals surface area contributed by atoms with E-state index in [9.17, 15) is 4.79 Å². The van der Waals surface area contributed by atoms with Crippen LogP contribution in [0, 0.1) is 13.8 Å². The van der Waals surface area contributed by atoms with E-state index in [-0.39, 0.29) is 0 Å². The van der Waals surface area contributed by atoms with Gasteiger partial charge in [-0.3, -0.25) is 9.48 Å². The second-order valence-corrected chi connectivity index (χ2v) is 4.28. The maximum absolute atomic E-state index is 11.0. The number of aldehydes is 1. The van der Waals surface area contributed by atoms with Crippen molar-refractivity contribution < 1.29 is 9.53 Å². The number of aryl methyl sites for hydroxylation is 2. The van der Waals surface area contributed by atoms with Crippen molar-refractivity contribution in [2.24, 2.45) is 7.05 Å². The number of methoxy groups -OCH3 is 1. The van der Waals surface area contributed by atoms with Crippen LogP contribution in [0.1, 0.15) is 21.7 Å². The molecule has 1 heterocycles. The molecule has 0 aliphatic heterocycles. The fourth-order valence-electron chi connectivity index (χ4n) is 2.14. The molecule has 0 saturated carbocycles. The molecule has 18 heavy (non-hydrogen) atoms. The Kier molecular flexibility index (Phi) is 3.19. The highest BCUT2D eigenvalue weighted by Gasteiger charge is 2.13. The lowest BCUT2D eigenvalue weighted by atomic mass is 10.0. The number of benzene rings is 1. The first-order chi connectivity index (χ1) is 8.56. The minimum Gasteiger partial charge on any atom is -0.497 e. The van der Waals surface area contributed by atoms with Crippen LogP contribution in [0.3, 0.4) is 0 Å². The molecule has 0 saturated heterocycles. The van der Waals surface area contributed by atoms with Gasteiger partial charge in [0.1, 0.15) is 12.0 Å². The Morgan fingerprint density at radius 1 is 1.28 bits per heavy atom. The van der Waals surface area contributed by atoms with Crippen LogP contribution in [0.15, 0.2) is 18.2 Å². The lowest BCUT2D eigenvalue weighted by molar-refractivity contribution is 0.112. The summed E-state index contributed by atoms with van der Waals surface area (Å²) in [4.78, 5) is 11.0. The Morgan fingerprint density at radius 2 is 2.00 bits per heavy atom. The Balaban J connectivity index is 2.66. The molecule has 2 rings (SSSR count). The second-order valence-electron chi connectivity index (χ2n) is 4.28. The topological polar surface area (TPSA) is 44.1 Å². The summed E-state index contributed by atoms with van der Waals surface area (Å²) in [5.74, 6) is 0.678. The third-order valence-corrected chi connectivity index (χ3v) is 3.10. The van der Waals surface area contributed by atoms with Crippen molar-refractivity contribution in [2.45, 2.75) is 13.8 Å². The van der Waals surface area contributed by atoms with Crippen molar-refractivity contribution in [3.63, 3.8) is 0 Å². The maximum atomic E-state index is 11.0. The monoisotopic (exact) mass is 244 g/mol. The zero-order chi connectivity index (χ0) is 13.3. The molecule has 0 aliphatic rings. The normalized spacial score (nSPS) is 10.4. The van der Waals surface area contributed by atoms with Gasteiger partial charge in [0.15, 0.2) is 0 Å². The Hall–Kier alpha value is -2.10. The van der Waals surface area contributed by atoms with Gasteiger partial charge in [0.05, 0.1) is 12.8 Å². The fraction of sp³-hybridized carbons (Fsp3) is 0.286. The molecule has 0 aliphatic carbocycles. The molecule has 0 atom stereocenters. The fourth-order valence-corrected chi connectivity index (χ4v) is 2.14. The first-order valence-electron chi connectivity index (χ1n) is 5.71. The number of ether oxygens (including phenoxy) is 1. The van der Waals surface area contributed by atoms with Crippen molar-refractivity contribution in [1.82, 2.24) is 9.78 Å². The molecule has 0 bridgehead atoms. The van der Waals surface area contributed by atoms with E-state index in [4.69, 9.17) is 4.74 Å². The molecule has 0 spiro atoms. The smallest absolute Gasteiger partial charge is 0.150 e. The summed E-state index contributed by atoms with van der Waals surface area (Å²) in [5.41, 5.74) is 4.63. The molecule has 1 aromatic heterocycles. The molecule has 4 heteroatoms. The lowest BCUT2D eigenvalue weighted by Gasteiger charge is -2.07. The van der Waals surface area contributed by atoms with Crippen LogP contribution in [0.4, 0.5) is 0 Å². The van der Waals surface area contributed by atoms with Gasteiger partial charge in [0.25, 0.3) is 0 Å². The average molecular weight is 244 g/mol. The van der Waals surface area contributed by atoms with E-state index in [1.165, 1.54) is 0 Å². The first-order valence-corrected chi connectivity index (χ1v) is 5.71. The standard InChI is InChI=1S/C14H16N2O2/c1-9-14(10(2)16(3)15-9)12-5-11(8-17)6-13(7-12)18-4/h5-8H,1-4H3. The van der Waals surface area contributed by atoms with Crippen molar-refractivity contribution in [3.05, 3.63) is 35.2 Å². The van der Waals surface area contributed by atoms with E-state index >= 15 is 0 Å². The molecular formula is C14H16N2O2. The molecule has 0 fully saturated rings. The quantitative estimate of drug-likeness (QED) is 0.779. The molecular weight excluding hydrogens is 228 g/mol. The average Bonchev–Trinajstić information content (AvgIpc) is 2.62. The molecule has 0 unspecified atom stereocenters. The van der Waals surface area contributed by atoms with Gasteiger partial charge in [0.2, 0.25) is 0 Å². The van der Waals surface area contributed by atoms with Crippen molar-refractivity contribution in [2.75, 3.05) is 7.11 Å². The number of carbonyl (C=O) groups excluding carboxylic acids is 1. The highest BCUT2D eigenvalue weighted by atomic mass is 16.5. The second kappa shape index (κ2) is 4.64. The minimum atomic E-state index is 0.604. The van der Waals surface area contributed by atoms with Crippen LogP contribution in [-0.2, 0) is 7.05 Å². The van der Waals surface area contributed by atoms with E-state index in [0.717, 1.165) is 28.8 Å². The number of aromatic nitrogens is 2. The highest BCUT2D eigenvalue weighted by Crippen LogP contribution is 2.30. The van der Waals surface area contributed by atoms with Crippen LogP contribution in [0.5, 0.6) is 5.75 Å². The van der Waals surface area contributed by atoms with Gasteiger partial charge in [0, 0.05) is 23.9 Å². The number of hydrogen-bond acceptors (Lipinski definition) is 3. The molecule has 1 aromatic carbocycles. The molecule has 0 amide bonds. The maximum Gasteiger partial charge on any atom is 0.150 e. The highest BCUT2D eigenvalue weighted by molar-refractivity contribution is 5.81. The third-order valence-electron chi connectivity index (χ3n) is 3.10. The van der Waals surface area contributed by atoms with Gasteiger partial charge in [-0.15, -0.1) is 0 Å². The predicted molar refractivity (Wildman–Crippen MR) is 70.1 cm³/mol. The van der Waals surface area contributed by atoms with E-state index < -0.39 is 0 Å². The first kappa shape index (κ1) is 12.4. The van der Waals surface area contributed by atoms with Gasteiger partial charge < -0.3 is 4.74 Å². The zero-order valence-corrected chi connectivity index (χ0v) is 11.0. The van der Waals surface area contributed by atoms with Gasteiger partial charge in [-0.25, -0.2) is 0 Å². The van der Waals surface area contributed by atoms with Gasteiger partial charge >= 0.3 is 0 Å². The molecule has 2 aromatic rings. The van der Waals surface area contributed by atoms with E-state index in [1.807, 2.05) is 37.7 Å². The van der Waals surface area contributed by atoms with Crippen LogP contribution in [0.2, 0.25) is 0 Å². The van der Waals surface area contributed by atoms with E-state index in [1.54, 1.807) is 13.2 Å². The van der Waals surface area contributed by atoms with Crippen LogP contribution in [-0.4, -0.2) is 23.2 Å². The van der Waals surface area contributed by atoms with Gasteiger partial charge in [-0.2, -0.15) is 5.10 Å². The summed E-state index contributed by atoms with van der Waals surface area (Å²) in [6, 6.07) is 5.49. The zero-order valence-electron chi connectivity index (χ0n) is 11.0. The number of rotatable bonds is 3. The number of hydrogen-bond donors (Lipinski definition) is 0. The summed E-state index contributed by atoms with van der Waals surface area (Å²) >= 11 is 0. The SMILES string of the molecule is COc1cc(C=O)cc(-c2c(C)nn(C)c2C)c1. The van der Waals surface area contributed by atoms with E-state index in [2.05, 4.69) is 5.10 Å². The Labute approximate surface area is 106 Å². The largest absolute Gasteiger partial charge is 0.497 e. The number of nitrogens with zero attached hydrogens (tertiary/aromatic N) is 2. The van der Waals surface area contributed by atoms with Crippen LogP contribution >= 0.6 is 0 Å². The summed E-state index contributed by atoms with van der Waals surface area (Å²) in [6.45, 7) is 3.97. The summed E-state index contributed by atoms with van der Waals surface area (Å²) in [5, 5.41) is 4.39. The summed E-state index contributed by atoms with van der Waals surface area (Å²) in [6.07, 6.45) is 0.826. The Bertz CT molecular complexity index is 600. The van der Waals surface area contributed by atoms with Crippen molar-refractivity contribution in [3.8, 4) is 16.9 Å². The lowest BCUT2D eigenvalue weighted by Crippen LogP contribution is -1.93. The molecule has 94 valence electrons. The van der Waals surface area contributed by atoms with Crippen LogP contribution in [0.25, 0.3) is 11.1 Å². The molecule has 0 radical (unpaired) electrons. The van der Waals surface area contributed by atoms with Gasteiger partial charge in [-0.1, -0.05) is 0 Å².